The van der Waals surface area contributed by atoms with Crippen LogP contribution < -0.4 is 5.32 Å². The van der Waals surface area contributed by atoms with Gasteiger partial charge in [0, 0.05) is 17.3 Å². The van der Waals surface area contributed by atoms with Gasteiger partial charge in [-0.15, -0.1) is 11.3 Å². The number of pyridine rings is 1. The molecule has 0 bridgehead atoms. The fraction of sp³-hybridized carbons (Fsp3) is 0.444. The molecule has 1 fully saturated rings. The lowest BCUT2D eigenvalue weighted by molar-refractivity contribution is 0.386. The van der Waals surface area contributed by atoms with E-state index >= 15 is 0 Å². The molecule has 0 aromatic carbocycles. The maximum Gasteiger partial charge on any atom is 0.160 e. The number of rotatable bonds is 7. The molecule has 1 saturated heterocycles. The van der Waals surface area contributed by atoms with Crippen LogP contribution in [-0.2, 0) is 17.6 Å². The number of nitrogens with one attached hydrogen (secondary N) is 1. The number of aromatic nitrogens is 1. The van der Waals surface area contributed by atoms with Crippen LogP contribution in [0.25, 0.3) is 0 Å². The first-order valence-corrected chi connectivity index (χ1v) is 8.96. The molecule has 0 aliphatic carbocycles. The number of hydrogen-bond acceptors (Lipinski definition) is 5. The lowest BCUT2D eigenvalue weighted by Gasteiger charge is -2.02. The molecular weight excluding hydrogens is 306 g/mol. The zero-order valence-corrected chi connectivity index (χ0v) is 14.3. The predicted octanol–water partition coefficient (Wildman–Crippen LogP) is 4.43. The predicted molar refractivity (Wildman–Crippen MR) is 92.5 cm³/mol. The number of ether oxygens (including phenoxy) is 1. The molecule has 1 N–H and O–H groups in total. The van der Waals surface area contributed by atoms with Crippen molar-refractivity contribution >= 4 is 16.3 Å². The van der Waals surface area contributed by atoms with Crippen molar-refractivity contribution in [3.8, 4) is 6.07 Å². The Labute approximate surface area is 141 Å². The van der Waals surface area contributed by atoms with Gasteiger partial charge in [-0.1, -0.05) is 26.7 Å². The van der Waals surface area contributed by atoms with Crippen LogP contribution in [0.2, 0.25) is 0 Å². The highest BCUT2D eigenvalue weighted by atomic mass is 32.1. The SMILES string of the molecule is CCCc1sc(NC2OC2c2ccncc2)c(C#N)c1CCC. The average Bonchev–Trinajstić information content (AvgIpc) is 3.26. The summed E-state index contributed by atoms with van der Waals surface area (Å²) in [5.74, 6) is 0. The van der Waals surface area contributed by atoms with Gasteiger partial charge in [0.1, 0.15) is 17.2 Å². The molecular formula is C18H21N3OS. The number of thiophene rings is 1. The maximum absolute atomic E-state index is 9.59. The van der Waals surface area contributed by atoms with Crippen molar-refractivity contribution in [2.24, 2.45) is 0 Å². The van der Waals surface area contributed by atoms with Crippen molar-refractivity contribution in [2.75, 3.05) is 5.32 Å². The van der Waals surface area contributed by atoms with Crippen molar-refractivity contribution < 1.29 is 4.74 Å². The summed E-state index contributed by atoms with van der Waals surface area (Å²) >= 11 is 1.71. The highest BCUT2D eigenvalue weighted by Crippen LogP contribution is 2.42. The molecule has 2 atom stereocenters. The van der Waals surface area contributed by atoms with Gasteiger partial charge in [0.05, 0.1) is 5.56 Å². The number of epoxide rings is 1. The highest BCUT2D eigenvalue weighted by Gasteiger charge is 2.41. The van der Waals surface area contributed by atoms with Crippen LogP contribution in [0.1, 0.15) is 54.4 Å². The van der Waals surface area contributed by atoms with Gasteiger partial charge in [0.25, 0.3) is 0 Å². The largest absolute Gasteiger partial charge is 0.348 e. The molecule has 0 spiro atoms. The Hall–Kier alpha value is -1.90. The van der Waals surface area contributed by atoms with Gasteiger partial charge in [0.2, 0.25) is 0 Å². The number of anilines is 1. The van der Waals surface area contributed by atoms with E-state index in [1.807, 2.05) is 12.1 Å². The zero-order chi connectivity index (χ0) is 16.2. The van der Waals surface area contributed by atoms with E-state index in [2.05, 4.69) is 30.2 Å². The molecule has 2 aromatic heterocycles. The fourth-order valence-corrected chi connectivity index (χ4v) is 4.16. The van der Waals surface area contributed by atoms with E-state index in [0.717, 1.165) is 41.8 Å². The van der Waals surface area contributed by atoms with Crippen molar-refractivity contribution in [1.82, 2.24) is 4.98 Å². The van der Waals surface area contributed by atoms with E-state index in [1.54, 1.807) is 23.7 Å². The quantitative estimate of drug-likeness (QED) is 0.764. The zero-order valence-electron chi connectivity index (χ0n) is 13.5. The molecule has 5 heteroatoms. The van der Waals surface area contributed by atoms with Crippen LogP contribution in [0.4, 0.5) is 5.00 Å². The normalized spacial score (nSPS) is 19.3. The lowest BCUT2D eigenvalue weighted by Crippen LogP contribution is -2.04. The van der Waals surface area contributed by atoms with E-state index in [-0.39, 0.29) is 12.3 Å². The van der Waals surface area contributed by atoms with Gasteiger partial charge < -0.3 is 10.1 Å². The summed E-state index contributed by atoms with van der Waals surface area (Å²) in [5, 5.41) is 14.0. The lowest BCUT2D eigenvalue weighted by atomic mass is 10.0. The molecule has 1 aliphatic heterocycles. The second kappa shape index (κ2) is 7.12. The molecule has 0 radical (unpaired) electrons. The fourth-order valence-electron chi connectivity index (χ4n) is 2.83. The molecule has 4 nitrogen and oxygen atoms in total. The van der Waals surface area contributed by atoms with Gasteiger partial charge in [-0.05, 0) is 36.1 Å². The van der Waals surface area contributed by atoms with Gasteiger partial charge in [0.15, 0.2) is 6.23 Å². The van der Waals surface area contributed by atoms with Gasteiger partial charge >= 0.3 is 0 Å². The summed E-state index contributed by atoms with van der Waals surface area (Å²) < 4.78 is 5.73. The Morgan fingerprint density at radius 1 is 1.26 bits per heavy atom. The molecule has 2 aromatic rings. The summed E-state index contributed by atoms with van der Waals surface area (Å²) in [6.07, 6.45) is 7.72. The molecule has 0 amide bonds. The summed E-state index contributed by atoms with van der Waals surface area (Å²) in [6, 6.07) is 6.34. The Morgan fingerprint density at radius 3 is 2.65 bits per heavy atom. The Kier molecular flexibility index (Phi) is 4.94. The van der Waals surface area contributed by atoms with Gasteiger partial charge in [-0.25, -0.2) is 0 Å². The average molecular weight is 327 g/mol. The molecule has 120 valence electrons. The summed E-state index contributed by atoms with van der Waals surface area (Å²) in [5.41, 5.74) is 3.16. The first kappa shape index (κ1) is 16.0. The third-order valence-electron chi connectivity index (χ3n) is 3.98. The van der Waals surface area contributed by atoms with E-state index in [0.29, 0.717) is 0 Å². The van der Waals surface area contributed by atoms with Crippen molar-refractivity contribution in [2.45, 2.75) is 51.9 Å². The Balaban J connectivity index is 1.78. The highest BCUT2D eigenvalue weighted by molar-refractivity contribution is 7.16. The van der Waals surface area contributed by atoms with E-state index in [1.165, 1.54) is 10.4 Å². The first-order valence-electron chi connectivity index (χ1n) is 8.15. The number of hydrogen-bond donors (Lipinski definition) is 1. The van der Waals surface area contributed by atoms with Crippen LogP contribution in [0.15, 0.2) is 24.5 Å². The van der Waals surface area contributed by atoms with E-state index in [9.17, 15) is 5.26 Å². The minimum atomic E-state index is -0.0490. The van der Waals surface area contributed by atoms with Crippen molar-refractivity contribution in [1.29, 1.82) is 5.26 Å². The summed E-state index contributed by atoms with van der Waals surface area (Å²) in [4.78, 5) is 5.37. The summed E-state index contributed by atoms with van der Waals surface area (Å²) in [6.45, 7) is 4.34. The minimum Gasteiger partial charge on any atom is -0.348 e. The topological polar surface area (TPSA) is 61.2 Å². The number of aryl methyl sites for hydroxylation is 1. The third-order valence-corrected chi connectivity index (χ3v) is 5.20. The molecule has 1 aliphatic rings. The van der Waals surface area contributed by atoms with Crippen molar-refractivity contribution in [3.05, 3.63) is 46.1 Å². The Bertz CT molecular complexity index is 705. The van der Waals surface area contributed by atoms with Gasteiger partial charge in [-0.3, -0.25) is 4.98 Å². The molecule has 23 heavy (non-hydrogen) atoms. The molecule has 3 rings (SSSR count). The first-order chi connectivity index (χ1) is 11.3. The summed E-state index contributed by atoms with van der Waals surface area (Å²) in [7, 11) is 0. The standard InChI is InChI=1S/C18H21N3OS/c1-3-5-13-14(11-19)18(23-15(13)6-4-2)21-17-16(22-17)12-7-9-20-10-8-12/h7-10,16-17,21H,3-6H2,1-2H3. The monoisotopic (exact) mass is 327 g/mol. The van der Waals surface area contributed by atoms with Crippen LogP contribution in [0, 0.1) is 11.3 Å². The third kappa shape index (κ3) is 3.39. The van der Waals surface area contributed by atoms with Crippen LogP contribution >= 0.6 is 11.3 Å². The Morgan fingerprint density at radius 2 is 2.00 bits per heavy atom. The van der Waals surface area contributed by atoms with Crippen LogP contribution in [0.3, 0.4) is 0 Å². The second-order valence-corrected chi connectivity index (χ2v) is 6.83. The molecule has 3 heterocycles. The van der Waals surface area contributed by atoms with Crippen LogP contribution in [-0.4, -0.2) is 11.2 Å². The molecule has 0 saturated carbocycles. The maximum atomic E-state index is 9.59. The smallest absolute Gasteiger partial charge is 0.160 e. The minimum absolute atomic E-state index is 0.0490. The number of nitrogens with zero attached hydrogens (tertiary/aromatic N) is 2. The van der Waals surface area contributed by atoms with Crippen molar-refractivity contribution in [3.63, 3.8) is 0 Å². The second-order valence-electron chi connectivity index (χ2n) is 5.72. The molecule has 2 unspecified atom stereocenters. The van der Waals surface area contributed by atoms with E-state index in [4.69, 9.17) is 4.74 Å². The number of nitriles is 1. The van der Waals surface area contributed by atoms with Gasteiger partial charge in [-0.2, -0.15) is 5.26 Å². The van der Waals surface area contributed by atoms with E-state index < -0.39 is 0 Å². The van der Waals surface area contributed by atoms with Crippen LogP contribution in [0.5, 0.6) is 0 Å².